The van der Waals surface area contributed by atoms with E-state index in [1.54, 1.807) is 14.2 Å². The van der Waals surface area contributed by atoms with Crippen LogP contribution in [0.3, 0.4) is 0 Å². The van der Waals surface area contributed by atoms with Gasteiger partial charge in [-0.15, -0.1) is 0 Å². The Hall–Kier alpha value is -1.17. The summed E-state index contributed by atoms with van der Waals surface area (Å²) < 4.78 is 11.0. The number of hydrogen-bond acceptors (Lipinski definition) is 5. The van der Waals surface area contributed by atoms with Crippen molar-refractivity contribution in [3.63, 3.8) is 0 Å². The summed E-state index contributed by atoms with van der Waals surface area (Å²) in [6.45, 7) is 8.26. The van der Waals surface area contributed by atoms with Gasteiger partial charge in [-0.1, -0.05) is 13.8 Å². The minimum Gasteiger partial charge on any atom is -0.496 e. The van der Waals surface area contributed by atoms with Gasteiger partial charge in [-0.3, -0.25) is 16.3 Å². The van der Waals surface area contributed by atoms with E-state index in [9.17, 15) is 0 Å². The van der Waals surface area contributed by atoms with Gasteiger partial charge >= 0.3 is 0 Å². The van der Waals surface area contributed by atoms with E-state index in [0.29, 0.717) is 12.3 Å². The van der Waals surface area contributed by atoms with Crippen LogP contribution in [-0.4, -0.2) is 31.3 Å². The van der Waals surface area contributed by atoms with E-state index >= 15 is 0 Å². The number of nitrogens with two attached hydrogens (primary N) is 1. The highest BCUT2D eigenvalue weighted by Crippen LogP contribution is 2.25. The minimum atomic E-state index is 0.0126. The molecule has 1 aromatic heterocycles. The molecule has 2 unspecified atom stereocenters. The quantitative estimate of drug-likeness (QED) is 0.588. The maximum absolute atomic E-state index is 5.70. The first-order valence-electron chi connectivity index (χ1n) is 6.94. The zero-order chi connectivity index (χ0) is 15.3. The van der Waals surface area contributed by atoms with Gasteiger partial charge in [0.2, 0.25) is 0 Å². The average Bonchev–Trinajstić information content (AvgIpc) is 2.41. The number of hydrazine groups is 1. The molecule has 0 aliphatic heterocycles. The molecule has 5 heteroatoms. The van der Waals surface area contributed by atoms with Gasteiger partial charge in [0.05, 0.1) is 19.3 Å². The van der Waals surface area contributed by atoms with Crippen molar-refractivity contribution >= 4 is 0 Å². The number of aryl methyl sites for hydroxylation is 1. The van der Waals surface area contributed by atoms with Gasteiger partial charge in [0.25, 0.3) is 0 Å². The standard InChI is InChI=1S/C15H27N3O2/c1-9(2)14(19-5)13(18-16)7-12-11(4)15(20-6)10(3)8-17-12/h8-9,13-14,18H,7,16H2,1-6H3. The van der Waals surface area contributed by atoms with E-state index in [4.69, 9.17) is 15.3 Å². The fourth-order valence-electron chi connectivity index (χ4n) is 2.66. The van der Waals surface area contributed by atoms with Crippen LogP contribution >= 0.6 is 0 Å². The van der Waals surface area contributed by atoms with Crippen LogP contribution in [0.15, 0.2) is 6.20 Å². The third kappa shape index (κ3) is 3.69. The topological polar surface area (TPSA) is 69.4 Å². The Morgan fingerprint density at radius 1 is 1.30 bits per heavy atom. The molecule has 0 bridgehead atoms. The van der Waals surface area contributed by atoms with Crippen molar-refractivity contribution in [2.45, 2.75) is 46.3 Å². The van der Waals surface area contributed by atoms with Crippen LogP contribution < -0.4 is 16.0 Å². The van der Waals surface area contributed by atoms with Gasteiger partial charge < -0.3 is 9.47 Å². The highest BCUT2D eigenvalue weighted by Gasteiger charge is 2.25. The van der Waals surface area contributed by atoms with Crippen molar-refractivity contribution in [1.82, 2.24) is 10.4 Å². The number of methoxy groups -OCH3 is 2. The molecule has 1 aromatic rings. The predicted molar refractivity (Wildman–Crippen MR) is 80.7 cm³/mol. The van der Waals surface area contributed by atoms with E-state index in [2.05, 4.69) is 24.3 Å². The van der Waals surface area contributed by atoms with E-state index in [0.717, 1.165) is 22.6 Å². The number of pyridine rings is 1. The Balaban J connectivity index is 3.01. The summed E-state index contributed by atoms with van der Waals surface area (Å²) in [5, 5.41) is 0. The molecule has 0 fully saturated rings. The molecule has 0 amide bonds. The average molecular weight is 281 g/mol. The third-order valence-corrected chi connectivity index (χ3v) is 3.70. The maximum atomic E-state index is 5.70. The summed E-state index contributed by atoms with van der Waals surface area (Å²) in [6, 6.07) is 0.0126. The zero-order valence-electron chi connectivity index (χ0n) is 13.4. The largest absolute Gasteiger partial charge is 0.496 e. The molecule has 3 N–H and O–H groups in total. The van der Waals surface area contributed by atoms with Gasteiger partial charge in [0.15, 0.2) is 0 Å². The first-order chi connectivity index (χ1) is 9.46. The molecular weight excluding hydrogens is 254 g/mol. The Kier molecular flexibility index (Phi) is 6.39. The van der Waals surface area contributed by atoms with Crippen molar-refractivity contribution in [2.24, 2.45) is 11.8 Å². The molecule has 2 atom stereocenters. The molecule has 0 aromatic carbocycles. The van der Waals surface area contributed by atoms with Crippen molar-refractivity contribution < 1.29 is 9.47 Å². The summed E-state index contributed by atoms with van der Waals surface area (Å²) in [4.78, 5) is 4.52. The maximum Gasteiger partial charge on any atom is 0.128 e. The van der Waals surface area contributed by atoms with Gasteiger partial charge in [0.1, 0.15) is 5.75 Å². The minimum absolute atomic E-state index is 0.0126. The second kappa shape index (κ2) is 7.57. The zero-order valence-corrected chi connectivity index (χ0v) is 13.4. The van der Waals surface area contributed by atoms with Crippen molar-refractivity contribution in [3.8, 4) is 5.75 Å². The molecular formula is C15H27N3O2. The number of rotatable bonds is 7. The van der Waals surface area contributed by atoms with Crippen LogP contribution in [0, 0.1) is 19.8 Å². The molecule has 0 spiro atoms. The van der Waals surface area contributed by atoms with Gasteiger partial charge in [-0.2, -0.15) is 0 Å². The van der Waals surface area contributed by atoms with E-state index in [-0.39, 0.29) is 12.1 Å². The third-order valence-electron chi connectivity index (χ3n) is 3.70. The van der Waals surface area contributed by atoms with Gasteiger partial charge in [-0.25, -0.2) is 0 Å². The predicted octanol–water partition coefficient (Wildman–Crippen LogP) is 1.75. The summed E-state index contributed by atoms with van der Waals surface area (Å²) >= 11 is 0. The molecule has 1 rings (SSSR count). The van der Waals surface area contributed by atoms with Crippen molar-refractivity contribution in [2.75, 3.05) is 14.2 Å². The molecule has 0 aliphatic rings. The fraction of sp³-hybridized carbons (Fsp3) is 0.667. The van der Waals surface area contributed by atoms with Crippen LogP contribution in [-0.2, 0) is 11.2 Å². The molecule has 0 saturated heterocycles. The lowest BCUT2D eigenvalue weighted by Gasteiger charge is -2.28. The summed E-state index contributed by atoms with van der Waals surface area (Å²) in [5.41, 5.74) is 5.94. The Labute approximate surface area is 121 Å². The Morgan fingerprint density at radius 3 is 2.40 bits per heavy atom. The second-order valence-electron chi connectivity index (χ2n) is 5.47. The number of nitrogens with one attached hydrogen (secondary N) is 1. The molecule has 1 heterocycles. The highest BCUT2D eigenvalue weighted by molar-refractivity contribution is 5.41. The second-order valence-corrected chi connectivity index (χ2v) is 5.47. The summed E-state index contributed by atoms with van der Waals surface area (Å²) in [5.74, 6) is 6.96. The SMILES string of the molecule is COc1c(C)cnc(CC(NN)C(OC)C(C)C)c1C. The summed E-state index contributed by atoms with van der Waals surface area (Å²) in [6.07, 6.45) is 2.58. The van der Waals surface area contributed by atoms with Crippen LogP contribution in [0.2, 0.25) is 0 Å². The van der Waals surface area contributed by atoms with Gasteiger partial charge in [0, 0.05) is 36.5 Å². The van der Waals surface area contributed by atoms with Crippen LogP contribution in [0.25, 0.3) is 0 Å². The lowest BCUT2D eigenvalue weighted by atomic mass is 9.94. The first-order valence-corrected chi connectivity index (χ1v) is 6.94. The van der Waals surface area contributed by atoms with E-state index < -0.39 is 0 Å². The summed E-state index contributed by atoms with van der Waals surface area (Å²) in [7, 11) is 3.40. The number of hydrogen-bond donors (Lipinski definition) is 2. The number of ether oxygens (including phenoxy) is 2. The van der Waals surface area contributed by atoms with Crippen LogP contribution in [0.4, 0.5) is 0 Å². The van der Waals surface area contributed by atoms with Crippen molar-refractivity contribution in [1.29, 1.82) is 0 Å². The smallest absolute Gasteiger partial charge is 0.128 e. The number of nitrogens with zero attached hydrogens (tertiary/aromatic N) is 1. The van der Waals surface area contributed by atoms with Gasteiger partial charge in [-0.05, 0) is 19.8 Å². The molecule has 0 saturated carbocycles. The molecule has 0 aliphatic carbocycles. The van der Waals surface area contributed by atoms with E-state index in [1.165, 1.54) is 0 Å². The Morgan fingerprint density at radius 2 is 1.95 bits per heavy atom. The van der Waals surface area contributed by atoms with Crippen LogP contribution in [0.5, 0.6) is 5.75 Å². The molecule has 0 radical (unpaired) electrons. The Bertz CT molecular complexity index is 435. The lowest BCUT2D eigenvalue weighted by molar-refractivity contribution is 0.0329. The fourth-order valence-corrected chi connectivity index (χ4v) is 2.66. The lowest BCUT2D eigenvalue weighted by Crippen LogP contribution is -2.48. The first kappa shape index (κ1) is 16.9. The molecule has 5 nitrogen and oxygen atoms in total. The van der Waals surface area contributed by atoms with Crippen LogP contribution in [0.1, 0.15) is 30.7 Å². The van der Waals surface area contributed by atoms with Crippen molar-refractivity contribution in [3.05, 3.63) is 23.0 Å². The molecule has 114 valence electrons. The normalized spacial score (nSPS) is 14.4. The van der Waals surface area contributed by atoms with E-state index in [1.807, 2.05) is 20.0 Å². The monoisotopic (exact) mass is 281 g/mol. The highest BCUT2D eigenvalue weighted by atomic mass is 16.5. The molecule has 20 heavy (non-hydrogen) atoms. The number of aromatic nitrogens is 1.